The zero-order chi connectivity index (χ0) is 15.1. The molecule has 0 saturated heterocycles. The third-order valence-electron chi connectivity index (χ3n) is 3.35. The highest BCUT2D eigenvalue weighted by Gasteiger charge is 2.23. The number of carbonyl (C=O) groups excluding carboxylic acids is 2. The summed E-state index contributed by atoms with van der Waals surface area (Å²) in [5.41, 5.74) is 2.84. The van der Waals surface area contributed by atoms with E-state index in [-0.39, 0.29) is 11.9 Å². The van der Waals surface area contributed by atoms with Crippen LogP contribution in [0.4, 0.5) is 0 Å². The van der Waals surface area contributed by atoms with Crippen LogP contribution in [-0.2, 0) is 14.4 Å². The Morgan fingerprint density at radius 2 is 1.81 bits per heavy atom. The van der Waals surface area contributed by atoms with Crippen LogP contribution in [-0.4, -0.2) is 11.9 Å². The maximum atomic E-state index is 11.7. The molecular formula is C16H16INO3. The molecule has 4 nitrogen and oxygen atoms in total. The van der Waals surface area contributed by atoms with Crippen molar-refractivity contribution in [2.45, 2.75) is 32.1 Å². The second-order valence-corrected chi connectivity index (χ2v) is 6.19. The monoisotopic (exact) mass is 397 g/mol. The van der Waals surface area contributed by atoms with Gasteiger partial charge in [-0.3, -0.25) is 4.79 Å². The standard InChI is InChI=1S/C16H16INO3/c17-14-9-6-12(7-10-14)8-11-15(19)18-21-16(20)13-4-2-1-3-5-13/h6-7,9-10,13H,1-5H2,(H,18,19). The Hall–Kier alpha value is -1.55. The van der Waals surface area contributed by atoms with Crippen molar-refractivity contribution >= 4 is 34.5 Å². The zero-order valence-electron chi connectivity index (χ0n) is 11.5. The molecule has 0 aromatic heterocycles. The van der Waals surface area contributed by atoms with Gasteiger partial charge in [0.25, 0.3) is 0 Å². The number of benzene rings is 1. The Morgan fingerprint density at radius 3 is 2.48 bits per heavy atom. The van der Waals surface area contributed by atoms with Gasteiger partial charge in [-0.25, -0.2) is 4.79 Å². The Labute approximate surface area is 137 Å². The normalized spacial score (nSPS) is 14.7. The third kappa shape index (κ3) is 5.38. The van der Waals surface area contributed by atoms with Crippen LogP contribution in [0.15, 0.2) is 24.3 Å². The molecule has 110 valence electrons. The molecule has 21 heavy (non-hydrogen) atoms. The van der Waals surface area contributed by atoms with Gasteiger partial charge in [0.2, 0.25) is 0 Å². The molecule has 0 radical (unpaired) electrons. The van der Waals surface area contributed by atoms with Gasteiger partial charge in [0.15, 0.2) is 0 Å². The van der Waals surface area contributed by atoms with Gasteiger partial charge in [0.1, 0.15) is 0 Å². The Morgan fingerprint density at radius 1 is 1.14 bits per heavy atom. The molecule has 1 aromatic carbocycles. The maximum absolute atomic E-state index is 11.7. The molecule has 0 atom stereocenters. The summed E-state index contributed by atoms with van der Waals surface area (Å²) in [5, 5.41) is 0. The van der Waals surface area contributed by atoms with Crippen LogP contribution in [0.3, 0.4) is 0 Å². The lowest BCUT2D eigenvalue weighted by molar-refractivity contribution is -0.161. The van der Waals surface area contributed by atoms with Crippen molar-refractivity contribution in [3.05, 3.63) is 33.4 Å². The van der Waals surface area contributed by atoms with E-state index in [1.54, 1.807) is 0 Å². The van der Waals surface area contributed by atoms with E-state index in [9.17, 15) is 9.59 Å². The molecule has 0 aliphatic heterocycles. The number of hydrogen-bond donors (Lipinski definition) is 1. The van der Waals surface area contributed by atoms with Gasteiger partial charge in [-0.1, -0.05) is 25.2 Å². The number of nitrogens with one attached hydrogen (secondary N) is 1. The molecule has 1 aliphatic carbocycles. The Kier molecular flexibility index (Phi) is 6.05. The van der Waals surface area contributed by atoms with Crippen LogP contribution >= 0.6 is 22.6 Å². The quantitative estimate of drug-likeness (QED) is 0.451. The number of hydroxylamine groups is 1. The first kappa shape index (κ1) is 15.8. The van der Waals surface area contributed by atoms with E-state index in [0.29, 0.717) is 0 Å². The van der Waals surface area contributed by atoms with E-state index >= 15 is 0 Å². The van der Waals surface area contributed by atoms with E-state index < -0.39 is 5.91 Å². The Bertz CT molecular complexity index is 565. The van der Waals surface area contributed by atoms with Crippen LogP contribution in [0.5, 0.6) is 0 Å². The van der Waals surface area contributed by atoms with Gasteiger partial charge in [0, 0.05) is 15.1 Å². The Balaban J connectivity index is 1.79. The molecule has 2 rings (SSSR count). The summed E-state index contributed by atoms with van der Waals surface area (Å²) >= 11 is 2.19. The molecule has 0 spiro atoms. The molecular weight excluding hydrogens is 381 g/mol. The highest BCUT2D eigenvalue weighted by molar-refractivity contribution is 14.1. The predicted molar refractivity (Wildman–Crippen MR) is 86.8 cm³/mol. The average molecular weight is 397 g/mol. The van der Waals surface area contributed by atoms with Gasteiger partial charge >= 0.3 is 11.9 Å². The topological polar surface area (TPSA) is 55.4 Å². The van der Waals surface area contributed by atoms with E-state index in [4.69, 9.17) is 4.84 Å². The van der Waals surface area contributed by atoms with Crippen molar-refractivity contribution in [1.82, 2.24) is 5.48 Å². The summed E-state index contributed by atoms with van der Waals surface area (Å²) in [4.78, 5) is 28.0. The van der Waals surface area contributed by atoms with Crippen LogP contribution in [0, 0.1) is 21.3 Å². The minimum Gasteiger partial charge on any atom is -0.340 e. The van der Waals surface area contributed by atoms with Crippen LogP contribution in [0.1, 0.15) is 37.7 Å². The lowest BCUT2D eigenvalue weighted by Gasteiger charge is -2.18. The fourth-order valence-electron chi connectivity index (χ4n) is 2.21. The molecule has 0 bridgehead atoms. The molecule has 1 amide bonds. The first-order valence-corrected chi connectivity index (χ1v) is 8.01. The number of hydrogen-bond acceptors (Lipinski definition) is 3. The van der Waals surface area contributed by atoms with E-state index in [1.807, 2.05) is 24.3 Å². The minimum absolute atomic E-state index is 0.0943. The number of rotatable bonds is 1. The minimum atomic E-state index is -0.613. The SMILES string of the molecule is O=C(C#Cc1ccc(I)cc1)NOC(=O)C1CCCCC1. The van der Waals surface area contributed by atoms with Crippen LogP contribution in [0.25, 0.3) is 0 Å². The lowest BCUT2D eigenvalue weighted by atomic mass is 9.89. The summed E-state index contributed by atoms with van der Waals surface area (Å²) in [7, 11) is 0. The van der Waals surface area contributed by atoms with Crippen molar-refractivity contribution in [2.75, 3.05) is 0 Å². The van der Waals surface area contributed by atoms with Gasteiger partial charge in [0.05, 0.1) is 5.92 Å². The molecule has 1 aliphatic rings. The molecule has 1 fully saturated rings. The number of halogens is 1. The van der Waals surface area contributed by atoms with E-state index in [1.165, 1.54) is 0 Å². The summed E-state index contributed by atoms with van der Waals surface area (Å²) in [6, 6.07) is 7.48. The molecule has 1 saturated carbocycles. The van der Waals surface area contributed by atoms with Crippen molar-refractivity contribution < 1.29 is 14.4 Å². The van der Waals surface area contributed by atoms with E-state index in [0.717, 1.165) is 41.2 Å². The highest BCUT2D eigenvalue weighted by Crippen LogP contribution is 2.24. The largest absolute Gasteiger partial charge is 0.340 e. The highest BCUT2D eigenvalue weighted by atomic mass is 127. The fraction of sp³-hybridized carbons (Fsp3) is 0.375. The van der Waals surface area contributed by atoms with Gasteiger partial charge < -0.3 is 4.84 Å². The van der Waals surface area contributed by atoms with E-state index in [2.05, 4.69) is 39.9 Å². The fourth-order valence-corrected chi connectivity index (χ4v) is 2.57. The number of amides is 1. The average Bonchev–Trinajstić information content (AvgIpc) is 2.53. The third-order valence-corrected chi connectivity index (χ3v) is 4.07. The van der Waals surface area contributed by atoms with Crippen LogP contribution in [0.2, 0.25) is 0 Å². The van der Waals surface area contributed by atoms with Gasteiger partial charge in [-0.2, -0.15) is 5.48 Å². The van der Waals surface area contributed by atoms with Crippen molar-refractivity contribution in [3.63, 3.8) is 0 Å². The second kappa shape index (κ2) is 8.03. The lowest BCUT2D eigenvalue weighted by Crippen LogP contribution is -2.30. The van der Waals surface area contributed by atoms with Crippen molar-refractivity contribution in [3.8, 4) is 11.8 Å². The maximum Gasteiger partial charge on any atom is 0.335 e. The van der Waals surface area contributed by atoms with Gasteiger partial charge in [-0.05, 0) is 59.7 Å². The summed E-state index contributed by atoms with van der Waals surface area (Å²) in [6.07, 6.45) is 4.92. The van der Waals surface area contributed by atoms with Crippen LogP contribution < -0.4 is 5.48 Å². The van der Waals surface area contributed by atoms with Gasteiger partial charge in [-0.15, -0.1) is 0 Å². The summed E-state index contributed by atoms with van der Waals surface area (Å²) in [5.74, 6) is 4.05. The molecule has 0 unspecified atom stereocenters. The summed E-state index contributed by atoms with van der Waals surface area (Å²) in [6.45, 7) is 0. The smallest absolute Gasteiger partial charge is 0.335 e. The van der Waals surface area contributed by atoms with Crippen molar-refractivity contribution in [1.29, 1.82) is 0 Å². The number of carbonyl (C=O) groups is 2. The molecule has 5 heteroatoms. The second-order valence-electron chi connectivity index (χ2n) is 4.94. The first-order valence-electron chi connectivity index (χ1n) is 6.93. The molecule has 1 N–H and O–H groups in total. The molecule has 1 aromatic rings. The zero-order valence-corrected chi connectivity index (χ0v) is 13.7. The predicted octanol–water partition coefficient (Wildman–Crippen LogP) is 2.80. The molecule has 0 heterocycles. The first-order chi connectivity index (χ1) is 10.1. The summed E-state index contributed by atoms with van der Waals surface area (Å²) < 4.78 is 1.10. The van der Waals surface area contributed by atoms with Crippen molar-refractivity contribution in [2.24, 2.45) is 5.92 Å².